The molecule has 1 aromatic heterocycles. The fourth-order valence-corrected chi connectivity index (χ4v) is 5.30. The van der Waals surface area contributed by atoms with Gasteiger partial charge in [0.2, 0.25) is 5.91 Å². The summed E-state index contributed by atoms with van der Waals surface area (Å²) >= 11 is 0. The molecular formula is C31H34N4O2. The van der Waals surface area contributed by atoms with Crippen LogP contribution in [0.3, 0.4) is 0 Å². The molecule has 0 saturated carbocycles. The number of aromatic amines is 1. The van der Waals surface area contributed by atoms with Gasteiger partial charge in [-0.05, 0) is 80.2 Å². The molecule has 4 N–H and O–H groups in total. The topological polar surface area (TPSA) is 91.2 Å². The van der Waals surface area contributed by atoms with Gasteiger partial charge < -0.3 is 20.9 Å². The molecule has 0 aliphatic carbocycles. The third-order valence-electron chi connectivity index (χ3n) is 7.56. The van der Waals surface area contributed by atoms with Gasteiger partial charge in [-0.25, -0.2) is 0 Å². The number of rotatable bonds is 9. The molecule has 1 aliphatic heterocycles. The number of primary amides is 1. The van der Waals surface area contributed by atoms with E-state index in [9.17, 15) is 9.59 Å². The summed E-state index contributed by atoms with van der Waals surface area (Å²) in [5.74, 6) is 0.184. The summed E-state index contributed by atoms with van der Waals surface area (Å²) in [7, 11) is 2.18. The number of hydrogen-bond donors (Lipinski definition) is 3. The number of amides is 1. The normalized spacial score (nSPS) is 15.6. The molecule has 5 rings (SSSR count). The zero-order valence-corrected chi connectivity index (χ0v) is 21.2. The number of fused-ring (bicyclic) bond motifs is 1. The average Bonchev–Trinajstić information content (AvgIpc) is 3.35. The largest absolute Gasteiger partial charge is 0.366 e. The van der Waals surface area contributed by atoms with Crippen LogP contribution in [-0.4, -0.2) is 48.3 Å². The summed E-state index contributed by atoms with van der Waals surface area (Å²) < 4.78 is 0. The highest BCUT2D eigenvalue weighted by atomic mass is 16.1. The number of carbonyl (C=O) groups excluding carboxylic acids is 2. The van der Waals surface area contributed by atoms with Crippen molar-refractivity contribution in [3.63, 3.8) is 0 Å². The fraction of sp³-hybridized carbons (Fsp3) is 0.290. The lowest BCUT2D eigenvalue weighted by Gasteiger charge is -2.29. The highest BCUT2D eigenvalue weighted by Gasteiger charge is 2.25. The maximum absolute atomic E-state index is 13.9. The number of piperidine rings is 1. The minimum Gasteiger partial charge on any atom is -0.366 e. The van der Waals surface area contributed by atoms with Crippen LogP contribution in [0, 0.1) is 0 Å². The second-order valence-electron chi connectivity index (χ2n) is 10.1. The number of likely N-dealkylation sites (tertiary alicyclic amines) is 1. The Balaban J connectivity index is 1.34. The molecule has 0 spiro atoms. The Hall–Kier alpha value is -3.74. The number of aromatic nitrogens is 1. The zero-order chi connectivity index (χ0) is 25.8. The predicted molar refractivity (Wildman–Crippen MR) is 148 cm³/mol. The van der Waals surface area contributed by atoms with Crippen LogP contribution >= 0.6 is 0 Å². The molecule has 37 heavy (non-hydrogen) atoms. The molecule has 0 unspecified atom stereocenters. The smallest absolute Gasteiger partial charge is 0.248 e. The standard InChI is InChI=1S/C31H34N4O2/c1-35-17-14-22(15-18-35)25-11-12-26-27(20-34-28(26)19-25)30(36)29(23-5-3-2-4-6-23)33-16-13-21-7-9-24(10-8-21)31(32)37/h2-12,19-20,22,29,33-34H,13-18H2,1H3,(H2,32,37)/t29-/m0/s1. The van der Waals surface area contributed by atoms with Crippen molar-refractivity contribution in [2.75, 3.05) is 26.7 Å². The Bertz CT molecular complexity index is 1370. The maximum Gasteiger partial charge on any atom is 0.248 e. The van der Waals surface area contributed by atoms with Gasteiger partial charge in [0.15, 0.2) is 5.78 Å². The van der Waals surface area contributed by atoms with Gasteiger partial charge in [-0.15, -0.1) is 0 Å². The van der Waals surface area contributed by atoms with Crippen LogP contribution in [0.2, 0.25) is 0 Å². The van der Waals surface area contributed by atoms with Gasteiger partial charge >= 0.3 is 0 Å². The van der Waals surface area contributed by atoms with Gasteiger partial charge in [-0.3, -0.25) is 9.59 Å². The monoisotopic (exact) mass is 494 g/mol. The lowest BCUT2D eigenvalue weighted by molar-refractivity contribution is 0.0943. The molecule has 1 fully saturated rings. The molecule has 1 atom stereocenters. The van der Waals surface area contributed by atoms with E-state index in [0.717, 1.165) is 41.5 Å². The Kier molecular flexibility index (Phi) is 7.49. The van der Waals surface area contributed by atoms with E-state index in [1.165, 1.54) is 18.4 Å². The predicted octanol–water partition coefficient (Wildman–Crippen LogP) is 4.83. The van der Waals surface area contributed by atoms with Crippen molar-refractivity contribution in [1.82, 2.24) is 15.2 Å². The van der Waals surface area contributed by atoms with Crippen LogP contribution in [0.5, 0.6) is 0 Å². The first-order valence-corrected chi connectivity index (χ1v) is 13.0. The molecule has 1 saturated heterocycles. The molecule has 2 heterocycles. The third kappa shape index (κ3) is 5.66. The summed E-state index contributed by atoms with van der Waals surface area (Å²) in [6.45, 7) is 2.86. The van der Waals surface area contributed by atoms with E-state index in [4.69, 9.17) is 5.73 Å². The summed E-state index contributed by atoms with van der Waals surface area (Å²) in [6, 6.07) is 23.2. The van der Waals surface area contributed by atoms with Crippen LogP contribution < -0.4 is 11.1 Å². The van der Waals surface area contributed by atoms with E-state index >= 15 is 0 Å². The molecule has 3 aromatic carbocycles. The molecule has 6 heteroatoms. The molecule has 6 nitrogen and oxygen atoms in total. The number of Topliss-reactive ketones (excluding diaryl/α,β-unsaturated/α-hetero) is 1. The Morgan fingerprint density at radius 3 is 2.46 bits per heavy atom. The maximum atomic E-state index is 13.9. The van der Waals surface area contributed by atoms with Gasteiger partial charge in [0, 0.05) is 34.8 Å². The minimum absolute atomic E-state index is 0.0496. The van der Waals surface area contributed by atoms with Crippen LogP contribution in [0.15, 0.2) is 79.0 Å². The summed E-state index contributed by atoms with van der Waals surface area (Å²) in [4.78, 5) is 30.9. The van der Waals surface area contributed by atoms with Crippen molar-refractivity contribution < 1.29 is 9.59 Å². The van der Waals surface area contributed by atoms with E-state index in [0.29, 0.717) is 23.6 Å². The number of H-pyrrole nitrogens is 1. The number of hydrogen-bond acceptors (Lipinski definition) is 4. The van der Waals surface area contributed by atoms with Crippen LogP contribution in [0.25, 0.3) is 10.9 Å². The zero-order valence-electron chi connectivity index (χ0n) is 21.2. The van der Waals surface area contributed by atoms with Crippen molar-refractivity contribution >= 4 is 22.6 Å². The van der Waals surface area contributed by atoms with E-state index in [1.54, 1.807) is 12.1 Å². The Morgan fingerprint density at radius 2 is 1.76 bits per heavy atom. The van der Waals surface area contributed by atoms with Crippen molar-refractivity contribution in [2.45, 2.75) is 31.2 Å². The lowest BCUT2D eigenvalue weighted by Crippen LogP contribution is -2.30. The van der Waals surface area contributed by atoms with E-state index < -0.39 is 11.9 Å². The van der Waals surface area contributed by atoms with E-state index in [2.05, 4.69) is 40.4 Å². The molecule has 0 radical (unpaired) electrons. The van der Waals surface area contributed by atoms with Gasteiger partial charge in [0.25, 0.3) is 0 Å². The van der Waals surface area contributed by atoms with Gasteiger partial charge in [-0.1, -0.05) is 54.6 Å². The van der Waals surface area contributed by atoms with Crippen LogP contribution in [0.1, 0.15) is 62.2 Å². The SMILES string of the molecule is CN1CCC(c2ccc3c(C(=O)[C@@H](NCCc4ccc(C(N)=O)cc4)c4ccccc4)c[nH]c3c2)CC1. The number of carbonyl (C=O) groups is 2. The van der Waals surface area contributed by atoms with Gasteiger partial charge in [0.05, 0.1) is 6.04 Å². The van der Waals surface area contributed by atoms with E-state index in [1.807, 2.05) is 48.7 Å². The average molecular weight is 495 g/mol. The third-order valence-corrected chi connectivity index (χ3v) is 7.56. The highest BCUT2D eigenvalue weighted by Crippen LogP contribution is 2.31. The highest BCUT2D eigenvalue weighted by molar-refractivity contribution is 6.10. The summed E-state index contributed by atoms with van der Waals surface area (Å²) in [6.07, 6.45) is 4.91. The van der Waals surface area contributed by atoms with E-state index in [-0.39, 0.29) is 5.78 Å². The van der Waals surface area contributed by atoms with Crippen molar-refractivity contribution in [3.05, 3.63) is 107 Å². The van der Waals surface area contributed by atoms with Crippen molar-refractivity contribution in [1.29, 1.82) is 0 Å². The number of nitrogens with one attached hydrogen (secondary N) is 2. The first-order chi connectivity index (χ1) is 18.0. The van der Waals surface area contributed by atoms with Crippen LogP contribution in [-0.2, 0) is 6.42 Å². The second-order valence-corrected chi connectivity index (χ2v) is 10.1. The van der Waals surface area contributed by atoms with Gasteiger partial charge in [-0.2, -0.15) is 0 Å². The number of nitrogens with zero attached hydrogens (tertiary/aromatic N) is 1. The Labute approximate surface area is 217 Å². The molecule has 190 valence electrons. The molecule has 0 bridgehead atoms. The van der Waals surface area contributed by atoms with Crippen LogP contribution in [0.4, 0.5) is 0 Å². The lowest BCUT2D eigenvalue weighted by atomic mass is 9.88. The number of nitrogens with two attached hydrogens (primary N) is 1. The minimum atomic E-state index is -0.460. The summed E-state index contributed by atoms with van der Waals surface area (Å²) in [5, 5.41) is 4.45. The molecular weight excluding hydrogens is 460 g/mol. The second kappa shape index (κ2) is 11.1. The fourth-order valence-electron chi connectivity index (χ4n) is 5.30. The number of ketones is 1. The Morgan fingerprint density at radius 1 is 1.03 bits per heavy atom. The first kappa shape index (κ1) is 24.9. The first-order valence-electron chi connectivity index (χ1n) is 13.0. The van der Waals surface area contributed by atoms with Gasteiger partial charge in [0.1, 0.15) is 0 Å². The molecule has 1 aliphatic rings. The number of benzene rings is 3. The van der Waals surface area contributed by atoms with Crippen molar-refractivity contribution in [3.8, 4) is 0 Å². The summed E-state index contributed by atoms with van der Waals surface area (Å²) in [5.41, 5.74) is 10.9. The van der Waals surface area contributed by atoms with Crippen molar-refractivity contribution in [2.24, 2.45) is 5.73 Å². The molecule has 4 aromatic rings. The molecule has 1 amide bonds. The quantitative estimate of drug-likeness (QED) is 0.291.